The molecule has 110 valence electrons. The van der Waals surface area contributed by atoms with Crippen LogP contribution in [-0.2, 0) is 0 Å². The number of H-pyrrole nitrogens is 1. The number of nitrogens with zero attached hydrogens (tertiary/aromatic N) is 3. The highest BCUT2D eigenvalue weighted by Gasteiger charge is 2.15. The first-order chi connectivity index (χ1) is 10.2. The summed E-state index contributed by atoms with van der Waals surface area (Å²) in [5, 5.41) is 9.03. The lowest BCUT2D eigenvalue weighted by Crippen LogP contribution is -2.32. The molecule has 2 N–H and O–H groups in total. The molecule has 1 fully saturated rings. The van der Waals surface area contributed by atoms with Crippen molar-refractivity contribution in [2.45, 2.75) is 19.8 Å². The van der Waals surface area contributed by atoms with Crippen molar-refractivity contribution in [2.24, 2.45) is 5.92 Å². The highest BCUT2D eigenvalue weighted by atomic mass is 16.1. The van der Waals surface area contributed by atoms with Crippen LogP contribution in [0.2, 0.25) is 0 Å². The molecule has 0 unspecified atom stereocenters. The van der Waals surface area contributed by atoms with Crippen molar-refractivity contribution >= 4 is 17.2 Å². The SMILES string of the molecule is CC1CCN(c2ccc(Nc3cn[nH]c(=O)n3)cc2)CC1. The Kier molecular flexibility index (Phi) is 3.85. The Bertz CT molecular complexity index is 644. The van der Waals surface area contributed by atoms with Crippen LogP contribution in [0.3, 0.4) is 0 Å². The largest absolute Gasteiger partial charge is 0.372 e. The Morgan fingerprint density at radius 1 is 1.24 bits per heavy atom. The quantitative estimate of drug-likeness (QED) is 0.904. The molecular formula is C15H19N5O. The van der Waals surface area contributed by atoms with Crippen molar-refractivity contribution in [3.8, 4) is 0 Å². The minimum atomic E-state index is -0.459. The van der Waals surface area contributed by atoms with E-state index in [0.717, 1.165) is 24.7 Å². The topological polar surface area (TPSA) is 73.9 Å². The summed E-state index contributed by atoms with van der Waals surface area (Å²) < 4.78 is 0. The van der Waals surface area contributed by atoms with Gasteiger partial charge in [-0.1, -0.05) is 6.92 Å². The van der Waals surface area contributed by atoms with E-state index in [0.29, 0.717) is 5.82 Å². The van der Waals surface area contributed by atoms with Gasteiger partial charge in [-0.25, -0.2) is 9.89 Å². The van der Waals surface area contributed by atoms with Crippen molar-refractivity contribution in [1.29, 1.82) is 0 Å². The molecule has 0 amide bonds. The Balaban J connectivity index is 1.68. The minimum Gasteiger partial charge on any atom is -0.372 e. The summed E-state index contributed by atoms with van der Waals surface area (Å²) >= 11 is 0. The van der Waals surface area contributed by atoms with E-state index in [1.807, 2.05) is 12.1 Å². The maximum absolute atomic E-state index is 11.1. The Labute approximate surface area is 123 Å². The molecule has 6 nitrogen and oxygen atoms in total. The smallest absolute Gasteiger partial charge is 0.363 e. The lowest BCUT2D eigenvalue weighted by atomic mass is 9.99. The van der Waals surface area contributed by atoms with Gasteiger partial charge in [0.25, 0.3) is 0 Å². The van der Waals surface area contributed by atoms with Crippen molar-refractivity contribution in [3.63, 3.8) is 0 Å². The van der Waals surface area contributed by atoms with E-state index >= 15 is 0 Å². The molecule has 1 aromatic carbocycles. The number of anilines is 3. The van der Waals surface area contributed by atoms with Crippen molar-refractivity contribution in [2.75, 3.05) is 23.3 Å². The first-order valence-corrected chi connectivity index (χ1v) is 7.24. The van der Waals surface area contributed by atoms with Crippen molar-refractivity contribution < 1.29 is 0 Å². The maximum Gasteiger partial charge on any atom is 0.363 e. The zero-order valence-corrected chi connectivity index (χ0v) is 12.0. The molecule has 2 heterocycles. The van der Waals surface area contributed by atoms with E-state index in [2.05, 4.69) is 44.5 Å². The van der Waals surface area contributed by atoms with Gasteiger partial charge in [0.15, 0.2) is 5.82 Å². The van der Waals surface area contributed by atoms with Crippen LogP contribution in [0.4, 0.5) is 17.2 Å². The van der Waals surface area contributed by atoms with E-state index in [1.165, 1.54) is 24.7 Å². The van der Waals surface area contributed by atoms with Gasteiger partial charge in [0.05, 0.1) is 6.20 Å². The number of hydrogen-bond donors (Lipinski definition) is 2. The molecule has 0 aliphatic carbocycles. The van der Waals surface area contributed by atoms with Crippen LogP contribution in [0.1, 0.15) is 19.8 Å². The van der Waals surface area contributed by atoms with Crippen LogP contribution in [-0.4, -0.2) is 28.3 Å². The average molecular weight is 285 g/mol. The molecule has 2 aromatic rings. The van der Waals surface area contributed by atoms with Crippen LogP contribution in [0.15, 0.2) is 35.3 Å². The third-order valence-corrected chi connectivity index (χ3v) is 3.86. The normalized spacial score (nSPS) is 16.0. The molecule has 1 aliphatic heterocycles. The fourth-order valence-corrected chi connectivity index (χ4v) is 2.54. The van der Waals surface area contributed by atoms with E-state index < -0.39 is 5.69 Å². The summed E-state index contributed by atoms with van der Waals surface area (Å²) in [5.74, 6) is 1.27. The van der Waals surface area contributed by atoms with Gasteiger partial charge in [0.2, 0.25) is 0 Å². The molecule has 0 radical (unpaired) electrons. The van der Waals surface area contributed by atoms with E-state index in [-0.39, 0.29) is 0 Å². The maximum atomic E-state index is 11.1. The standard InChI is InChI=1S/C15H19N5O/c1-11-6-8-20(9-7-11)13-4-2-12(3-5-13)17-14-10-16-19-15(21)18-14/h2-5,10-11H,6-9H2,1H3,(H2,17,18,19,21). The van der Waals surface area contributed by atoms with E-state index in [9.17, 15) is 4.79 Å². The number of hydrogen-bond acceptors (Lipinski definition) is 5. The van der Waals surface area contributed by atoms with Crippen LogP contribution < -0.4 is 15.9 Å². The van der Waals surface area contributed by atoms with Gasteiger partial charge < -0.3 is 10.2 Å². The molecule has 0 saturated carbocycles. The van der Waals surface area contributed by atoms with E-state index in [1.54, 1.807) is 0 Å². The highest BCUT2D eigenvalue weighted by molar-refractivity contribution is 5.60. The number of benzene rings is 1. The van der Waals surface area contributed by atoms with Gasteiger partial charge in [-0.05, 0) is 43.0 Å². The van der Waals surface area contributed by atoms with Gasteiger partial charge in [0.1, 0.15) is 0 Å². The van der Waals surface area contributed by atoms with Crippen LogP contribution in [0.25, 0.3) is 0 Å². The predicted octanol–water partition coefficient (Wildman–Crippen LogP) is 2.14. The summed E-state index contributed by atoms with van der Waals surface area (Å²) in [4.78, 5) is 17.3. The van der Waals surface area contributed by atoms with Crippen LogP contribution in [0.5, 0.6) is 0 Å². The third kappa shape index (κ3) is 3.39. The first-order valence-electron chi connectivity index (χ1n) is 7.24. The van der Waals surface area contributed by atoms with Gasteiger partial charge in [0, 0.05) is 24.5 Å². The Morgan fingerprint density at radius 2 is 1.95 bits per heavy atom. The molecule has 0 bridgehead atoms. The second kappa shape index (κ2) is 5.95. The van der Waals surface area contributed by atoms with Crippen molar-refractivity contribution in [1.82, 2.24) is 15.2 Å². The zero-order valence-electron chi connectivity index (χ0n) is 12.0. The molecule has 1 aromatic heterocycles. The predicted molar refractivity (Wildman–Crippen MR) is 83.0 cm³/mol. The molecular weight excluding hydrogens is 266 g/mol. The molecule has 21 heavy (non-hydrogen) atoms. The van der Waals surface area contributed by atoms with E-state index in [4.69, 9.17) is 0 Å². The first kappa shape index (κ1) is 13.6. The number of piperidine rings is 1. The second-order valence-electron chi connectivity index (χ2n) is 5.51. The summed E-state index contributed by atoms with van der Waals surface area (Å²) in [5.41, 5.74) is 1.67. The molecule has 3 rings (SSSR count). The monoisotopic (exact) mass is 285 g/mol. The number of aromatic amines is 1. The number of nitrogens with one attached hydrogen (secondary N) is 2. The molecule has 1 aliphatic rings. The number of aromatic nitrogens is 3. The molecule has 0 atom stereocenters. The van der Waals surface area contributed by atoms with Gasteiger partial charge in [-0.15, -0.1) is 0 Å². The lowest BCUT2D eigenvalue weighted by molar-refractivity contribution is 0.438. The summed E-state index contributed by atoms with van der Waals surface area (Å²) in [6, 6.07) is 8.18. The fraction of sp³-hybridized carbons (Fsp3) is 0.400. The van der Waals surface area contributed by atoms with Gasteiger partial charge in [-0.2, -0.15) is 10.1 Å². The zero-order chi connectivity index (χ0) is 14.7. The lowest BCUT2D eigenvalue weighted by Gasteiger charge is -2.32. The van der Waals surface area contributed by atoms with Crippen LogP contribution in [0, 0.1) is 5.92 Å². The molecule has 6 heteroatoms. The fourth-order valence-electron chi connectivity index (χ4n) is 2.54. The molecule has 0 spiro atoms. The Morgan fingerprint density at radius 3 is 2.62 bits per heavy atom. The average Bonchev–Trinajstić information content (AvgIpc) is 2.49. The summed E-state index contributed by atoms with van der Waals surface area (Å²) in [6.07, 6.45) is 3.99. The van der Waals surface area contributed by atoms with Crippen LogP contribution >= 0.6 is 0 Å². The van der Waals surface area contributed by atoms with Gasteiger partial charge >= 0.3 is 5.69 Å². The third-order valence-electron chi connectivity index (χ3n) is 3.86. The highest BCUT2D eigenvalue weighted by Crippen LogP contribution is 2.24. The Hall–Kier alpha value is -2.37. The van der Waals surface area contributed by atoms with Crippen molar-refractivity contribution in [3.05, 3.63) is 40.9 Å². The van der Waals surface area contributed by atoms with Gasteiger partial charge in [-0.3, -0.25) is 0 Å². The summed E-state index contributed by atoms with van der Waals surface area (Å²) in [7, 11) is 0. The second-order valence-corrected chi connectivity index (χ2v) is 5.51. The summed E-state index contributed by atoms with van der Waals surface area (Å²) in [6.45, 7) is 4.55. The number of rotatable bonds is 3. The minimum absolute atomic E-state index is 0.443. The molecule has 1 saturated heterocycles.